The minimum atomic E-state index is -3.56. The van der Waals surface area contributed by atoms with Gasteiger partial charge in [0.1, 0.15) is 4.90 Å². The van der Waals surface area contributed by atoms with Gasteiger partial charge in [-0.25, -0.2) is 8.42 Å². The summed E-state index contributed by atoms with van der Waals surface area (Å²) >= 11 is 0. The highest BCUT2D eigenvalue weighted by Gasteiger charge is 2.25. The molecule has 0 spiro atoms. The predicted molar refractivity (Wildman–Crippen MR) is 68.7 cm³/mol. The Bertz CT molecular complexity index is 480. The van der Waals surface area contributed by atoms with E-state index < -0.39 is 10.0 Å². The zero-order valence-corrected chi connectivity index (χ0v) is 11.4. The second-order valence-corrected chi connectivity index (χ2v) is 6.40. The maximum atomic E-state index is 12.3. The minimum Gasteiger partial charge on any atom is -0.388 e. The van der Waals surface area contributed by atoms with Crippen molar-refractivity contribution in [2.75, 3.05) is 13.1 Å². The van der Waals surface area contributed by atoms with Gasteiger partial charge >= 0.3 is 0 Å². The summed E-state index contributed by atoms with van der Waals surface area (Å²) in [6, 6.07) is 0. The summed E-state index contributed by atoms with van der Waals surface area (Å²) in [5, 5.41) is 13.3. The second kappa shape index (κ2) is 5.96. The van der Waals surface area contributed by atoms with Crippen molar-refractivity contribution in [3.63, 3.8) is 0 Å². The zero-order valence-electron chi connectivity index (χ0n) is 10.5. The van der Waals surface area contributed by atoms with E-state index in [-0.39, 0.29) is 29.6 Å². The van der Waals surface area contributed by atoms with E-state index in [1.54, 1.807) is 0 Å². The molecule has 0 amide bonds. The molecule has 0 aromatic carbocycles. The molecule has 0 radical (unpaired) electrons. The Morgan fingerprint density at radius 2 is 2.28 bits per heavy atom. The molecule has 0 unspecified atom stereocenters. The van der Waals surface area contributed by atoms with Gasteiger partial charge in [-0.1, -0.05) is 13.8 Å². The molecule has 0 aliphatic carbocycles. The number of hydrogen-bond acceptors (Lipinski definition) is 4. The van der Waals surface area contributed by atoms with E-state index in [1.165, 1.54) is 16.7 Å². The molecule has 0 aliphatic rings. The van der Waals surface area contributed by atoms with Crippen LogP contribution in [0.1, 0.15) is 20.3 Å². The van der Waals surface area contributed by atoms with Crippen LogP contribution in [0.15, 0.2) is 17.3 Å². The van der Waals surface area contributed by atoms with Gasteiger partial charge in [0.15, 0.2) is 0 Å². The number of sulfonamides is 1. The number of nitrogens with one attached hydrogen (secondary N) is 2. The van der Waals surface area contributed by atoms with Gasteiger partial charge in [0, 0.05) is 25.7 Å². The van der Waals surface area contributed by atoms with Crippen LogP contribution in [-0.4, -0.2) is 41.8 Å². The molecule has 1 aromatic heterocycles. The molecule has 4 N–H and O–H groups in total. The van der Waals surface area contributed by atoms with Gasteiger partial charge in [-0.15, -0.1) is 0 Å². The highest BCUT2D eigenvalue weighted by Crippen LogP contribution is 2.15. The van der Waals surface area contributed by atoms with Crippen LogP contribution >= 0.6 is 0 Å². The quantitative estimate of drug-likeness (QED) is 0.492. The highest BCUT2D eigenvalue weighted by molar-refractivity contribution is 7.89. The first-order valence-corrected chi connectivity index (χ1v) is 7.10. The van der Waals surface area contributed by atoms with E-state index in [1.807, 2.05) is 13.8 Å². The van der Waals surface area contributed by atoms with Crippen LogP contribution in [0.5, 0.6) is 0 Å². The Labute approximate surface area is 107 Å². The van der Waals surface area contributed by atoms with Crippen LogP contribution in [-0.2, 0) is 10.0 Å². The van der Waals surface area contributed by atoms with Crippen molar-refractivity contribution in [1.29, 1.82) is 5.41 Å². The molecule has 18 heavy (non-hydrogen) atoms. The normalized spacial score (nSPS) is 12.2. The van der Waals surface area contributed by atoms with Crippen LogP contribution in [0.2, 0.25) is 0 Å². The lowest BCUT2D eigenvalue weighted by Crippen LogP contribution is -2.36. The Morgan fingerprint density at radius 1 is 1.61 bits per heavy atom. The zero-order chi connectivity index (χ0) is 13.8. The fraction of sp³-hybridized carbons (Fsp3) is 0.600. The first kappa shape index (κ1) is 14.7. The topological polar surface area (TPSA) is 116 Å². The van der Waals surface area contributed by atoms with Gasteiger partial charge in [0.2, 0.25) is 10.0 Å². The van der Waals surface area contributed by atoms with Crippen LogP contribution in [0.4, 0.5) is 0 Å². The van der Waals surface area contributed by atoms with Crippen molar-refractivity contribution in [3.05, 3.63) is 12.4 Å². The molecule has 0 saturated carbocycles. The standard InChI is InChI=1S/C10H19N5O2S/c1-8(2)7-15(4-3-10(11)12)18(16,17)9-5-13-14-6-9/h5-6,8H,3-4,7H2,1-2H3,(H3,11,12)(H,13,14). The van der Waals surface area contributed by atoms with E-state index >= 15 is 0 Å². The number of rotatable bonds is 7. The molecule has 1 aromatic rings. The SMILES string of the molecule is CC(C)CN(CCC(=N)N)S(=O)(=O)c1cn[nH]c1. The molecule has 102 valence electrons. The molecule has 1 heterocycles. The van der Waals surface area contributed by atoms with E-state index in [2.05, 4.69) is 10.2 Å². The van der Waals surface area contributed by atoms with Crippen molar-refractivity contribution < 1.29 is 8.42 Å². The van der Waals surface area contributed by atoms with Crippen LogP contribution in [0.3, 0.4) is 0 Å². The summed E-state index contributed by atoms with van der Waals surface area (Å²) in [5.41, 5.74) is 5.28. The molecule has 0 saturated heterocycles. The Hall–Kier alpha value is -1.41. The van der Waals surface area contributed by atoms with E-state index in [0.29, 0.717) is 6.54 Å². The Balaban J connectivity index is 2.91. The molecule has 0 fully saturated rings. The number of nitrogens with zero attached hydrogens (tertiary/aromatic N) is 2. The summed E-state index contributed by atoms with van der Waals surface area (Å²) in [4.78, 5) is 0.131. The number of H-pyrrole nitrogens is 1. The number of aromatic nitrogens is 2. The minimum absolute atomic E-state index is 0.0221. The number of hydrogen-bond donors (Lipinski definition) is 3. The summed E-state index contributed by atoms with van der Waals surface area (Å²) < 4.78 is 25.9. The molecule has 1 rings (SSSR count). The summed E-state index contributed by atoms with van der Waals surface area (Å²) in [6.07, 6.45) is 2.84. The van der Waals surface area contributed by atoms with Crippen LogP contribution in [0, 0.1) is 11.3 Å². The Morgan fingerprint density at radius 3 is 2.72 bits per heavy atom. The lowest BCUT2D eigenvalue weighted by Gasteiger charge is -2.22. The monoisotopic (exact) mass is 273 g/mol. The molecular weight excluding hydrogens is 254 g/mol. The number of aromatic amines is 1. The number of amidine groups is 1. The van der Waals surface area contributed by atoms with Gasteiger partial charge in [-0.3, -0.25) is 10.5 Å². The molecule has 0 aliphatic heterocycles. The maximum absolute atomic E-state index is 12.3. The largest absolute Gasteiger partial charge is 0.388 e. The molecule has 0 bridgehead atoms. The third-order valence-corrected chi connectivity index (χ3v) is 4.14. The average molecular weight is 273 g/mol. The highest BCUT2D eigenvalue weighted by atomic mass is 32.2. The smallest absolute Gasteiger partial charge is 0.246 e. The summed E-state index contributed by atoms with van der Waals surface area (Å²) in [5.74, 6) is 0.171. The van der Waals surface area contributed by atoms with Crippen LogP contribution < -0.4 is 5.73 Å². The third kappa shape index (κ3) is 3.81. The molecule has 7 nitrogen and oxygen atoms in total. The predicted octanol–water partition coefficient (Wildman–Crippen LogP) is 0.382. The van der Waals surface area contributed by atoms with Crippen molar-refractivity contribution in [2.45, 2.75) is 25.2 Å². The van der Waals surface area contributed by atoms with Crippen molar-refractivity contribution in [1.82, 2.24) is 14.5 Å². The first-order valence-electron chi connectivity index (χ1n) is 5.66. The lowest BCUT2D eigenvalue weighted by molar-refractivity contribution is 0.374. The van der Waals surface area contributed by atoms with Gasteiger partial charge in [0.25, 0.3) is 0 Å². The second-order valence-electron chi connectivity index (χ2n) is 4.47. The first-order chi connectivity index (χ1) is 8.34. The van der Waals surface area contributed by atoms with Gasteiger partial charge in [-0.05, 0) is 5.92 Å². The fourth-order valence-electron chi connectivity index (χ4n) is 1.49. The summed E-state index contributed by atoms with van der Waals surface area (Å²) in [6.45, 7) is 4.47. The number of nitrogens with two attached hydrogens (primary N) is 1. The van der Waals surface area contributed by atoms with Crippen molar-refractivity contribution >= 4 is 15.9 Å². The maximum Gasteiger partial charge on any atom is 0.246 e. The van der Waals surface area contributed by atoms with Crippen LogP contribution in [0.25, 0.3) is 0 Å². The van der Waals surface area contributed by atoms with Gasteiger partial charge in [-0.2, -0.15) is 9.40 Å². The van der Waals surface area contributed by atoms with Gasteiger partial charge in [0.05, 0.1) is 12.0 Å². The Kier molecular flexibility index (Phi) is 4.85. The lowest BCUT2D eigenvalue weighted by atomic mass is 10.2. The van der Waals surface area contributed by atoms with E-state index in [4.69, 9.17) is 11.1 Å². The molecule has 8 heteroatoms. The fourth-order valence-corrected chi connectivity index (χ4v) is 3.00. The summed E-state index contributed by atoms with van der Waals surface area (Å²) in [7, 11) is -3.56. The van der Waals surface area contributed by atoms with Gasteiger partial charge < -0.3 is 5.73 Å². The molecular formula is C10H19N5O2S. The average Bonchev–Trinajstić information content (AvgIpc) is 2.76. The van der Waals surface area contributed by atoms with E-state index in [9.17, 15) is 8.42 Å². The van der Waals surface area contributed by atoms with Crippen molar-refractivity contribution in [3.8, 4) is 0 Å². The van der Waals surface area contributed by atoms with E-state index in [0.717, 1.165) is 0 Å². The third-order valence-electron chi connectivity index (χ3n) is 2.31. The molecule has 0 atom stereocenters. The van der Waals surface area contributed by atoms with Crippen molar-refractivity contribution in [2.24, 2.45) is 11.7 Å².